The molecule has 0 rings (SSSR count). The van der Waals surface area contributed by atoms with Crippen molar-refractivity contribution in [1.29, 1.82) is 0 Å². The lowest BCUT2D eigenvalue weighted by molar-refractivity contribution is 0.434. The molecule has 6 N–H and O–H groups in total. The molecule has 0 spiro atoms. The molecule has 0 saturated heterocycles. The monoisotopic (exact) mass is 333 g/mol. The Kier molecular flexibility index (Phi) is 9.46. The fourth-order valence-electron chi connectivity index (χ4n) is 1.52. The predicted octanol–water partition coefficient (Wildman–Crippen LogP) is -1.60. The Morgan fingerprint density at radius 3 is 2.15 bits per heavy atom. The van der Waals surface area contributed by atoms with Crippen LogP contribution in [-0.2, 0) is 20.2 Å². The van der Waals surface area contributed by atoms with Gasteiger partial charge in [-0.1, -0.05) is 0 Å². The zero-order valence-electron chi connectivity index (χ0n) is 11.2. The Morgan fingerprint density at radius 2 is 1.65 bits per heavy atom. The van der Waals surface area contributed by atoms with Gasteiger partial charge in [-0.2, -0.15) is 16.8 Å². The molecule has 0 aliphatic carbocycles. The van der Waals surface area contributed by atoms with E-state index in [-0.39, 0.29) is 19.3 Å². The van der Waals surface area contributed by atoms with E-state index in [0.717, 1.165) is 0 Å². The van der Waals surface area contributed by atoms with Gasteiger partial charge in [-0.05, 0) is 19.3 Å². The largest absolute Gasteiger partial charge is 0.329 e. The van der Waals surface area contributed by atoms with Crippen molar-refractivity contribution in [2.75, 3.05) is 31.9 Å². The van der Waals surface area contributed by atoms with E-state index >= 15 is 0 Å². The van der Waals surface area contributed by atoms with Crippen LogP contribution in [0.2, 0.25) is 0 Å². The van der Waals surface area contributed by atoms with Gasteiger partial charge in [-0.25, -0.2) is 0 Å². The first-order valence-electron chi connectivity index (χ1n) is 6.22. The number of unbranched alkanes of at least 4 members (excludes halogenated alkanes) is 1. The summed E-state index contributed by atoms with van der Waals surface area (Å²) in [7, 11) is -8.29. The quantitative estimate of drug-likeness (QED) is 0.209. The van der Waals surface area contributed by atoms with Crippen molar-refractivity contribution in [1.82, 2.24) is 10.6 Å². The van der Waals surface area contributed by atoms with Crippen LogP contribution in [0.4, 0.5) is 0 Å². The van der Waals surface area contributed by atoms with Crippen molar-refractivity contribution in [2.24, 2.45) is 5.73 Å². The molecule has 0 aromatic carbocycles. The Hall–Kier alpha value is -0.300. The van der Waals surface area contributed by atoms with E-state index in [0.29, 0.717) is 26.2 Å². The van der Waals surface area contributed by atoms with E-state index in [4.69, 9.17) is 14.8 Å². The molecule has 0 radical (unpaired) electrons. The lowest BCUT2D eigenvalue weighted by Crippen LogP contribution is -2.40. The molecule has 122 valence electrons. The van der Waals surface area contributed by atoms with Crippen molar-refractivity contribution >= 4 is 20.2 Å². The SMILES string of the molecule is NCCNCCNC(CCCCS(=O)(=O)O)S(=O)(=O)O. The molecule has 0 saturated carbocycles. The number of nitrogens with one attached hydrogen (secondary N) is 2. The summed E-state index contributed by atoms with van der Waals surface area (Å²) in [6, 6.07) is 0. The van der Waals surface area contributed by atoms with E-state index in [1.807, 2.05) is 0 Å². The third-order valence-electron chi connectivity index (χ3n) is 2.47. The molecule has 0 aromatic heterocycles. The van der Waals surface area contributed by atoms with Crippen molar-refractivity contribution in [2.45, 2.75) is 24.6 Å². The molecule has 9 nitrogen and oxygen atoms in total. The Balaban J connectivity index is 4.05. The van der Waals surface area contributed by atoms with E-state index in [2.05, 4.69) is 10.6 Å². The third-order valence-corrected chi connectivity index (χ3v) is 4.40. The van der Waals surface area contributed by atoms with Crippen LogP contribution < -0.4 is 16.4 Å². The highest BCUT2D eigenvalue weighted by atomic mass is 32.2. The smallest absolute Gasteiger partial charge is 0.281 e. The number of hydrogen-bond acceptors (Lipinski definition) is 7. The molecule has 1 unspecified atom stereocenters. The molecule has 0 amide bonds. The second kappa shape index (κ2) is 9.60. The molecular formula is C9H23N3O6S2. The standard InChI is InChI=1S/C9H23N3O6S2/c10-4-5-11-6-7-12-9(20(16,17)18)3-1-2-8-19(13,14)15/h9,11-12H,1-8,10H2,(H,13,14,15)(H,16,17,18). The summed E-state index contributed by atoms with van der Waals surface area (Å²) < 4.78 is 60.8. The van der Waals surface area contributed by atoms with Crippen molar-refractivity contribution in [3.8, 4) is 0 Å². The van der Waals surface area contributed by atoms with Gasteiger partial charge < -0.3 is 11.1 Å². The normalized spacial score (nSPS) is 14.3. The van der Waals surface area contributed by atoms with E-state index < -0.39 is 31.4 Å². The fourth-order valence-corrected chi connectivity index (χ4v) is 2.88. The van der Waals surface area contributed by atoms with Gasteiger partial charge in [-0.15, -0.1) is 0 Å². The van der Waals surface area contributed by atoms with Gasteiger partial charge in [0.2, 0.25) is 0 Å². The third kappa shape index (κ3) is 11.5. The maximum absolute atomic E-state index is 11.1. The van der Waals surface area contributed by atoms with Crippen molar-refractivity contribution < 1.29 is 25.9 Å². The van der Waals surface area contributed by atoms with Crippen LogP contribution in [0.1, 0.15) is 19.3 Å². The predicted molar refractivity (Wildman–Crippen MR) is 75.5 cm³/mol. The molecule has 0 aliphatic rings. The lowest BCUT2D eigenvalue weighted by Gasteiger charge is -2.15. The van der Waals surface area contributed by atoms with Crippen LogP contribution in [0.3, 0.4) is 0 Å². The Morgan fingerprint density at radius 1 is 1.00 bits per heavy atom. The zero-order chi connectivity index (χ0) is 15.6. The number of nitrogens with two attached hydrogens (primary N) is 1. The molecule has 0 heterocycles. The Bertz CT molecular complexity index is 450. The van der Waals surface area contributed by atoms with E-state index in [9.17, 15) is 16.8 Å². The topological polar surface area (TPSA) is 159 Å². The highest BCUT2D eigenvalue weighted by molar-refractivity contribution is 7.86. The molecular weight excluding hydrogens is 310 g/mol. The molecule has 20 heavy (non-hydrogen) atoms. The summed E-state index contributed by atoms with van der Waals surface area (Å²) >= 11 is 0. The van der Waals surface area contributed by atoms with Gasteiger partial charge in [-0.3, -0.25) is 14.4 Å². The average Bonchev–Trinajstić information content (AvgIpc) is 2.28. The van der Waals surface area contributed by atoms with Gasteiger partial charge in [0.15, 0.2) is 0 Å². The first-order chi connectivity index (χ1) is 9.17. The fraction of sp³-hybridized carbons (Fsp3) is 1.00. The van der Waals surface area contributed by atoms with Crippen LogP contribution >= 0.6 is 0 Å². The highest BCUT2D eigenvalue weighted by Crippen LogP contribution is 2.07. The molecule has 0 aromatic rings. The minimum Gasteiger partial charge on any atom is -0.329 e. The summed E-state index contributed by atoms with van der Waals surface area (Å²) in [4.78, 5) is 0. The maximum Gasteiger partial charge on any atom is 0.281 e. The van der Waals surface area contributed by atoms with Gasteiger partial charge in [0.05, 0.1) is 5.75 Å². The first-order valence-corrected chi connectivity index (χ1v) is 9.33. The molecule has 11 heteroatoms. The maximum atomic E-state index is 11.1. The van der Waals surface area contributed by atoms with E-state index in [1.54, 1.807) is 0 Å². The summed E-state index contributed by atoms with van der Waals surface area (Å²) in [6.07, 6.45) is 0.427. The van der Waals surface area contributed by atoms with Crippen molar-refractivity contribution in [3.05, 3.63) is 0 Å². The molecule has 1 atom stereocenters. The van der Waals surface area contributed by atoms with Gasteiger partial charge in [0.25, 0.3) is 20.2 Å². The van der Waals surface area contributed by atoms with Crippen LogP contribution in [-0.4, -0.2) is 63.2 Å². The lowest BCUT2D eigenvalue weighted by atomic mass is 10.2. The van der Waals surface area contributed by atoms with E-state index in [1.165, 1.54) is 0 Å². The van der Waals surface area contributed by atoms with Crippen molar-refractivity contribution in [3.63, 3.8) is 0 Å². The zero-order valence-corrected chi connectivity index (χ0v) is 12.8. The summed E-state index contributed by atoms with van der Waals surface area (Å²) in [5.41, 5.74) is 5.27. The second-order valence-corrected chi connectivity index (χ2v) is 7.45. The van der Waals surface area contributed by atoms with Crippen LogP contribution in [0.5, 0.6) is 0 Å². The summed E-state index contributed by atoms with van der Waals surface area (Å²) in [5, 5.41) is 4.47. The number of hydrogen-bond donors (Lipinski definition) is 5. The molecule has 0 bridgehead atoms. The van der Waals surface area contributed by atoms with Crippen LogP contribution in [0.15, 0.2) is 0 Å². The Labute approximate surface area is 119 Å². The molecule has 0 aliphatic heterocycles. The highest BCUT2D eigenvalue weighted by Gasteiger charge is 2.21. The van der Waals surface area contributed by atoms with Gasteiger partial charge in [0.1, 0.15) is 5.37 Å². The summed E-state index contributed by atoms with van der Waals surface area (Å²) in [5.74, 6) is -0.427. The minimum atomic E-state index is -4.25. The first kappa shape index (κ1) is 19.7. The van der Waals surface area contributed by atoms with Crippen LogP contribution in [0, 0.1) is 0 Å². The minimum absolute atomic E-state index is 0.0608. The average molecular weight is 333 g/mol. The molecule has 0 fully saturated rings. The second-order valence-electron chi connectivity index (χ2n) is 4.28. The summed E-state index contributed by atoms with van der Waals surface area (Å²) in [6.45, 7) is 1.89. The van der Waals surface area contributed by atoms with Crippen LogP contribution in [0.25, 0.3) is 0 Å². The van der Waals surface area contributed by atoms with Gasteiger partial charge in [0, 0.05) is 26.2 Å². The number of rotatable bonds is 12. The van der Waals surface area contributed by atoms with Gasteiger partial charge >= 0.3 is 0 Å².